The molecule has 88 valence electrons. The van der Waals surface area contributed by atoms with Gasteiger partial charge in [0.25, 0.3) is 0 Å². The van der Waals surface area contributed by atoms with Gasteiger partial charge in [0.2, 0.25) is 6.41 Å². The molecule has 0 aromatic carbocycles. The lowest BCUT2D eigenvalue weighted by atomic mass is 9.99. The first-order chi connectivity index (χ1) is 8.23. The zero-order valence-corrected chi connectivity index (χ0v) is 10.2. The highest BCUT2D eigenvalue weighted by Gasteiger charge is 2.21. The van der Waals surface area contributed by atoms with E-state index in [1.54, 1.807) is 12.2 Å². The number of hydrogen-bond acceptors (Lipinski definition) is 2. The molecule has 3 nitrogen and oxygen atoms in total. The summed E-state index contributed by atoms with van der Waals surface area (Å²) in [5.41, 5.74) is 3.33. The lowest BCUT2D eigenvalue weighted by Gasteiger charge is -2.25. The highest BCUT2D eigenvalue weighted by molar-refractivity contribution is 5.82. The minimum Gasteiger partial charge on any atom is -0.278 e. The van der Waals surface area contributed by atoms with Gasteiger partial charge in [0.15, 0.2) is 0 Å². The summed E-state index contributed by atoms with van der Waals surface area (Å²) in [6.07, 6.45) is 9.41. The molecular weight excluding hydrogens is 212 g/mol. The van der Waals surface area contributed by atoms with Gasteiger partial charge in [-0.25, -0.2) is 4.99 Å². The maximum absolute atomic E-state index is 11.0. The van der Waals surface area contributed by atoms with Crippen LogP contribution in [-0.4, -0.2) is 17.6 Å². The van der Waals surface area contributed by atoms with Gasteiger partial charge in [0, 0.05) is 5.57 Å². The molecule has 1 amide bonds. The molecule has 0 atom stereocenters. The van der Waals surface area contributed by atoms with Gasteiger partial charge in [-0.2, -0.15) is 0 Å². The van der Waals surface area contributed by atoms with Crippen molar-refractivity contribution in [2.24, 2.45) is 4.99 Å². The van der Waals surface area contributed by atoms with Crippen LogP contribution in [0.2, 0.25) is 0 Å². The molecule has 3 heteroatoms. The molecular formula is C14H16N2O. The Hall–Kier alpha value is -2.16. The van der Waals surface area contributed by atoms with E-state index in [1.807, 2.05) is 26.0 Å². The van der Waals surface area contributed by atoms with Gasteiger partial charge in [0.05, 0.1) is 11.4 Å². The van der Waals surface area contributed by atoms with Gasteiger partial charge in [-0.3, -0.25) is 9.69 Å². The van der Waals surface area contributed by atoms with Crippen LogP contribution in [-0.2, 0) is 4.79 Å². The Labute approximate surface area is 102 Å². The number of rotatable bonds is 3. The molecule has 17 heavy (non-hydrogen) atoms. The normalized spacial score (nSPS) is 19.6. The van der Waals surface area contributed by atoms with E-state index in [0.717, 1.165) is 29.0 Å². The second-order valence-corrected chi connectivity index (χ2v) is 3.34. The average Bonchev–Trinajstić information content (AvgIpc) is 2.39. The number of hydrogen-bond donors (Lipinski definition) is 0. The smallest absolute Gasteiger partial charge is 0.219 e. The Morgan fingerprint density at radius 2 is 1.94 bits per heavy atom. The highest BCUT2D eigenvalue weighted by Crippen LogP contribution is 2.30. The zero-order chi connectivity index (χ0) is 12.8. The molecule has 0 radical (unpaired) electrons. The van der Waals surface area contributed by atoms with Gasteiger partial charge in [-0.1, -0.05) is 37.5 Å². The number of amides is 1. The van der Waals surface area contributed by atoms with Crippen molar-refractivity contribution in [3.63, 3.8) is 0 Å². The summed E-state index contributed by atoms with van der Waals surface area (Å²) in [4.78, 5) is 16.6. The van der Waals surface area contributed by atoms with E-state index < -0.39 is 0 Å². The summed E-state index contributed by atoms with van der Waals surface area (Å²) in [5.74, 6) is 0. The molecule has 0 saturated heterocycles. The number of aliphatic imine (C=N–C) groups is 1. The molecule has 0 aromatic heterocycles. The molecule has 1 rings (SSSR count). The van der Waals surface area contributed by atoms with Gasteiger partial charge < -0.3 is 0 Å². The predicted molar refractivity (Wildman–Crippen MR) is 71.3 cm³/mol. The summed E-state index contributed by atoms with van der Waals surface area (Å²) in [6.45, 7) is 11.3. The standard InChI is InChI=1S/C14H16N2O/c1-5-11(6-2)14-12(7-3)15-9-16(10-17)13(14)8-4/h5-10H,1-2H2,3-4H3/b12-7+,13-8+. The van der Waals surface area contributed by atoms with Crippen LogP contribution in [0, 0.1) is 0 Å². The largest absolute Gasteiger partial charge is 0.278 e. The second kappa shape index (κ2) is 5.80. The molecule has 0 unspecified atom stereocenters. The van der Waals surface area contributed by atoms with Crippen LogP contribution in [0.1, 0.15) is 13.8 Å². The third kappa shape index (κ3) is 2.33. The Balaban J connectivity index is 3.56. The van der Waals surface area contributed by atoms with Crippen LogP contribution in [0.4, 0.5) is 0 Å². The van der Waals surface area contributed by atoms with E-state index in [4.69, 9.17) is 0 Å². The molecule has 1 aliphatic heterocycles. The lowest BCUT2D eigenvalue weighted by Crippen LogP contribution is -2.25. The third-order valence-electron chi connectivity index (χ3n) is 2.50. The zero-order valence-electron chi connectivity index (χ0n) is 10.2. The predicted octanol–water partition coefficient (Wildman–Crippen LogP) is 2.96. The fraction of sp³-hybridized carbons (Fsp3) is 0.143. The summed E-state index contributed by atoms with van der Waals surface area (Å²) in [6, 6.07) is 0. The quantitative estimate of drug-likeness (QED) is 0.683. The molecule has 0 bridgehead atoms. The van der Waals surface area contributed by atoms with Crippen LogP contribution >= 0.6 is 0 Å². The number of nitrogens with zero attached hydrogens (tertiary/aromatic N) is 2. The van der Waals surface area contributed by atoms with E-state index in [-0.39, 0.29) is 0 Å². The van der Waals surface area contributed by atoms with E-state index in [1.165, 1.54) is 11.2 Å². The van der Waals surface area contributed by atoms with Crippen molar-refractivity contribution in [3.05, 3.63) is 60.0 Å². The van der Waals surface area contributed by atoms with Gasteiger partial charge >= 0.3 is 0 Å². The fourth-order valence-electron chi connectivity index (χ4n) is 1.69. The highest BCUT2D eigenvalue weighted by atomic mass is 16.1. The fourth-order valence-corrected chi connectivity index (χ4v) is 1.69. The van der Waals surface area contributed by atoms with Gasteiger partial charge in [0.1, 0.15) is 6.34 Å². The molecule has 0 aliphatic carbocycles. The van der Waals surface area contributed by atoms with Crippen molar-refractivity contribution in [1.29, 1.82) is 0 Å². The van der Waals surface area contributed by atoms with Crippen LogP contribution in [0.3, 0.4) is 0 Å². The number of carbonyl (C=O) groups excluding carboxylic acids is 1. The maximum atomic E-state index is 11.0. The monoisotopic (exact) mass is 228 g/mol. The molecule has 0 fully saturated rings. The van der Waals surface area contributed by atoms with Crippen molar-refractivity contribution < 1.29 is 4.79 Å². The Morgan fingerprint density at radius 1 is 1.29 bits per heavy atom. The van der Waals surface area contributed by atoms with Crippen LogP contribution in [0.15, 0.2) is 65.0 Å². The summed E-state index contributed by atoms with van der Waals surface area (Å²) in [5, 5.41) is 0. The van der Waals surface area contributed by atoms with Gasteiger partial charge in [-0.05, 0) is 19.4 Å². The number of allylic oxidation sites excluding steroid dienone is 5. The minimum absolute atomic E-state index is 0.731. The molecule has 0 spiro atoms. The maximum Gasteiger partial charge on any atom is 0.219 e. The second-order valence-electron chi connectivity index (χ2n) is 3.34. The Bertz CT molecular complexity index is 455. The lowest BCUT2D eigenvalue weighted by molar-refractivity contribution is -0.113. The Morgan fingerprint density at radius 3 is 2.35 bits per heavy atom. The van der Waals surface area contributed by atoms with Crippen molar-refractivity contribution in [3.8, 4) is 0 Å². The Kier molecular flexibility index (Phi) is 4.40. The van der Waals surface area contributed by atoms with E-state index >= 15 is 0 Å². The van der Waals surface area contributed by atoms with Gasteiger partial charge in [-0.15, -0.1) is 0 Å². The van der Waals surface area contributed by atoms with Crippen LogP contribution in [0.25, 0.3) is 0 Å². The van der Waals surface area contributed by atoms with Crippen molar-refractivity contribution in [2.75, 3.05) is 0 Å². The summed E-state index contributed by atoms with van der Waals surface area (Å²) in [7, 11) is 0. The molecule has 0 aromatic rings. The van der Waals surface area contributed by atoms with Crippen LogP contribution in [0.5, 0.6) is 0 Å². The van der Waals surface area contributed by atoms with E-state index in [9.17, 15) is 4.79 Å². The van der Waals surface area contributed by atoms with E-state index in [0.29, 0.717) is 0 Å². The van der Waals surface area contributed by atoms with Crippen molar-refractivity contribution in [1.82, 2.24) is 4.90 Å². The van der Waals surface area contributed by atoms with Crippen LogP contribution < -0.4 is 0 Å². The molecule has 1 aliphatic rings. The number of carbonyl (C=O) groups is 1. The SMILES string of the molecule is C=CC(C=C)=C1/C(=C\C)N=CN(C=O)/C1=C/C. The topological polar surface area (TPSA) is 32.7 Å². The first kappa shape index (κ1) is 12.9. The third-order valence-corrected chi connectivity index (χ3v) is 2.50. The van der Waals surface area contributed by atoms with E-state index in [2.05, 4.69) is 18.2 Å². The summed E-state index contributed by atoms with van der Waals surface area (Å²) >= 11 is 0. The average molecular weight is 228 g/mol. The molecule has 0 N–H and O–H groups in total. The van der Waals surface area contributed by atoms with Crippen molar-refractivity contribution >= 4 is 12.7 Å². The summed E-state index contributed by atoms with van der Waals surface area (Å²) < 4.78 is 0. The first-order valence-electron chi connectivity index (χ1n) is 5.33. The molecule has 0 saturated carbocycles. The molecule has 1 heterocycles. The minimum atomic E-state index is 0.731. The first-order valence-corrected chi connectivity index (χ1v) is 5.33. The van der Waals surface area contributed by atoms with Crippen molar-refractivity contribution in [2.45, 2.75) is 13.8 Å².